The summed E-state index contributed by atoms with van der Waals surface area (Å²) < 4.78 is 17.0. The van der Waals surface area contributed by atoms with Crippen LogP contribution in [0.3, 0.4) is 0 Å². The summed E-state index contributed by atoms with van der Waals surface area (Å²) in [6.07, 6.45) is 0.135. The zero-order chi connectivity index (χ0) is 31.4. The fraction of sp³-hybridized carbons (Fsp3) is 0.290. The normalized spacial score (nSPS) is 16.4. The monoisotopic (exact) mass is 639 g/mol. The second-order valence-electron chi connectivity index (χ2n) is 10.1. The van der Waals surface area contributed by atoms with Gasteiger partial charge >= 0.3 is 0 Å². The van der Waals surface area contributed by atoms with E-state index in [4.69, 9.17) is 42.4 Å². The molecule has 1 aliphatic rings. The third-order valence-corrected chi connectivity index (χ3v) is 8.13. The Morgan fingerprint density at radius 3 is 2.52 bits per heavy atom. The molecule has 0 radical (unpaired) electrons. The van der Waals surface area contributed by atoms with E-state index in [0.29, 0.717) is 65.2 Å². The summed E-state index contributed by atoms with van der Waals surface area (Å²) in [7, 11) is 4.37. The maximum absolute atomic E-state index is 13.1. The highest BCUT2D eigenvalue weighted by Crippen LogP contribution is 2.41. The molecule has 1 fully saturated rings. The molecule has 5 rings (SSSR count). The summed E-state index contributed by atoms with van der Waals surface area (Å²) in [6.45, 7) is 1.36. The number of rotatable bonds is 9. The molecular weight excluding hydrogens is 609 g/mol. The van der Waals surface area contributed by atoms with Gasteiger partial charge in [-0.2, -0.15) is 0 Å². The van der Waals surface area contributed by atoms with Crippen molar-refractivity contribution >= 4 is 34.8 Å². The van der Waals surface area contributed by atoms with E-state index < -0.39 is 17.6 Å². The highest BCUT2D eigenvalue weighted by atomic mass is 35.5. The number of carbonyl (C=O) groups is 1. The number of aliphatic hydroxyl groups excluding tert-OH is 1. The quantitative estimate of drug-likeness (QED) is 0.244. The third kappa shape index (κ3) is 6.57. The number of anilines is 1. The third-order valence-electron chi connectivity index (χ3n) is 7.32. The van der Waals surface area contributed by atoms with Crippen LogP contribution in [0.15, 0.2) is 59.4 Å². The molecule has 2 aromatic heterocycles. The number of hydrogen-bond donors (Lipinski definition) is 3. The number of pyridine rings is 1. The topological polar surface area (TPSA) is 137 Å². The first-order valence-electron chi connectivity index (χ1n) is 13.8. The molecular formula is C31H31Cl2N5O6. The second-order valence-corrected chi connectivity index (χ2v) is 10.9. The predicted octanol–water partition coefficient (Wildman–Crippen LogP) is 4.33. The highest BCUT2D eigenvalue weighted by molar-refractivity contribution is 6.39. The lowest BCUT2D eigenvalue weighted by Gasteiger charge is -2.28. The van der Waals surface area contributed by atoms with Crippen LogP contribution in [0.1, 0.15) is 22.3 Å². The van der Waals surface area contributed by atoms with Gasteiger partial charge < -0.3 is 30.0 Å². The van der Waals surface area contributed by atoms with E-state index >= 15 is 0 Å². The van der Waals surface area contributed by atoms with E-state index in [1.807, 2.05) is 30.3 Å². The summed E-state index contributed by atoms with van der Waals surface area (Å²) in [5.41, 5.74) is 2.81. The minimum Gasteiger partial charge on any atom is -0.481 e. The van der Waals surface area contributed by atoms with Crippen LogP contribution in [0.2, 0.25) is 10.0 Å². The maximum Gasteiger partial charge on any atom is 0.279 e. The minimum atomic E-state index is -0.664. The Labute approximate surface area is 263 Å². The number of benzene rings is 2. The number of aromatic nitrogens is 3. The average Bonchev–Trinajstić information content (AvgIpc) is 3.03. The van der Waals surface area contributed by atoms with Gasteiger partial charge in [0.1, 0.15) is 5.56 Å². The predicted molar refractivity (Wildman–Crippen MR) is 168 cm³/mol. The van der Waals surface area contributed by atoms with Gasteiger partial charge in [-0.1, -0.05) is 59.6 Å². The van der Waals surface area contributed by atoms with Crippen LogP contribution < -0.4 is 25.7 Å². The summed E-state index contributed by atoms with van der Waals surface area (Å²) in [4.78, 5) is 30.3. The Morgan fingerprint density at radius 2 is 1.80 bits per heavy atom. The van der Waals surface area contributed by atoms with Crippen molar-refractivity contribution in [3.05, 3.63) is 86.1 Å². The molecule has 3 heterocycles. The molecule has 11 nitrogen and oxygen atoms in total. The first-order valence-corrected chi connectivity index (χ1v) is 14.5. The fourth-order valence-corrected chi connectivity index (χ4v) is 5.54. The summed E-state index contributed by atoms with van der Waals surface area (Å²) in [5, 5.41) is 20.8. The Hall–Kier alpha value is -4.00. The molecule has 13 heteroatoms. The van der Waals surface area contributed by atoms with Gasteiger partial charge in [0.15, 0.2) is 0 Å². The van der Waals surface area contributed by atoms with Crippen LogP contribution in [0, 0.1) is 0 Å². The van der Waals surface area contributed by atoms with E-state index in [1.54, 1.807) is 25.3 Å². The first-order chi connectivity index (χ1) is 21.2. The van der Waals surface area contributed by atoms with Gasteiger partial charge in [0, 0.05) is 54.6 Å². The van der Waals surface area contributed by atoms with Gasteiger partial charge in [-0.15, -0.1) is 5.10 Å². The van der Waals surface area contributed by atoms with Crippen LogP contribution in [0.4, 0.5) is 5.69 Å². The minimum absolute atomic E-state index is 0.0811. The van der Waals surface area contributed by atoms with Crippen molar-refractivity contribution in [2.45, 2.75) is 25.1 Å². The Balaban J connectivity index is 1.41. The number of methoxy groups -OCH3 is 2. The molecule has 3 N–H and O–H groups in total. The van der Waals surface area contributed by atoms with Crippen molar-refractivity contribution < 1.29 is 24.1 Å². The largest absolute Gasteiger partial charge is 0.481 e. The van der Waals surface area contributed by atoms with Crippen molar-refractivity contribution in [3.8, 4) is 34.1 Å². The van der Waals surface area contributed by atoms with Crippen molar-refractivity contribution in [2.75, 3.05) is 32.8 Å². The second kappa shape index (κ2) is 13.7. The number of nitrogens with zero attached hydrogens (tertiary/aromatic N) is 3. The van der Waals surface area contributed by atoms with Crippen molar-refractivity contribution in [1.29, 1.82) is 0 Å². The van der Waals surface area contributed by atoms with Crippen LogP contribution in [0.25, 0.3) is 22.4 Å². The zero-order valence-electron chi connectivity index (χ0n) is 24.3. The Morgan fingerprint density at radius 1 is 1.07 bits per heavy atom. The van der Waals surface area contributed by atoms with Crippen LogP contribution in [-0.2, 0) is 18.3 Å². The molecule has 2 unspecified atom stereocenters. The number of amides is 1. The van der Waals surface area contributed by atoms with Crippen LogP contribution in [-0.4, -0.2) is 65.4 Å². The lowest BCUT2D eigenvalue weighted by Crippen LogP contribution is -2.46. The molecule has 230 valence electrons. The first kappa shape index (κ1) is 31.4. The molecule has 4 aromatic rings. The number of carbonyl (C=O) groups excluding carboxylic acids is 1. The van der Waals surface area contributed by atoms with Crippen molar-refractivity contribution in [2.24, 2.45) is 7.05 Å². The molecule has 1 aliphatic heterocycles. The van der Waals surface area contributed by atoms with E-state index in [1.165, 1.54) is 20.2 Å². The molecule has 0 bridgehead atoms. The van der Waals surface area contributed by atoms with Gasteiger partial charge in [0.2, 0.25) is 11.8 Å². The summed E-state index contributed by atoms with van der Waals surface area (Å²) in [5.74, 6) is -0.115. The van der Waals surface area contributed by atoms with Gasteiger partial charge in [-0.05, 0) is 18.6 Å². The average molecular weight is 641 g/mol. The van der Waals surface area contributed by atoms with Gasteiger partial charge in [0.25, 0.3) is 11.5 Å². The Kier molecular flexibility index (Phi) is 9.82. The van der Waals surface area contributed by atoms with E-state index in [-0.39, 0.29) is 22.5 Å². The molecule has 1 saturated heterocycles. The van der Waals surface area contributed by atoms with Crippen LogP contribution >= 0.6 is 23.2 Å². The standard InChI is InChI=1S/C31H31Cl2N5O6/c1-38-31(41)21(14-26(37-38)42-2)29(40)35-24-9-5-7-19(28(24)33)18-6-4-8-20(27(18)32)22-11-10-17(30(36-22)43-3)15-34-23-12-13-44-16-25(23)39/h4-11,14,23,25,34,39H,12-13,15-16H2,1-3H3,(H,35,40). The number of halogens is 2. The SMILES string of the molecule is COc1cc(C(=O)Nc2cccc(-c3cccc(-c4ccc(CNC5CCOCC5O)c(OC)n4)c3Cl)c2Cl)c(=O)n(C)n1. The smallest absolute Gasteiger partial charge is 0.279 e. The molecule has 2 aromatic carbocycles. The lowest BCUT2D eigenvalue weighted by molar-refractivity contribution is -0.0281. The van der Waals surface area contributed by atoms with Gasteiger partial charge in [-0.3, -0.25) is 9.59 Å². The fourth-order valence-electron chi connectivity index (χ4n) is 4.94. The molecule has 44 heavy (non-hydrogen) atoms. The number of ether oxygens (including phenoxy) is 3. The van der Waals surface area contributed by atoms with Gasteiger partial charge in [-0.25, -0.2) is 9.67 Å². The molecule has 0 aliphatic carbocycles. The van der Waals surface area contributed by atoms with Crippen molar-refractivity contribution in [3.63, 3.8) is 0 Å². The van der Waals surface area contributed by atoms with Crippen LogP contribution in [0.5, 0.6) is 11.8 Å². The number of aliphatic hydroxyl groups is 1. The van der Waals surface area contributed by atoms with Gasteiger partial charge in [0.05, 0.1) is 48.4 Å². The highest BCUT2D eigenvalue weighted by Gasteiger charge is 2.24. The molecule has 2 atom stereocenters. The number of hydrogen-bond acceptors (Lipinski definition) is 9. The lowest BCUT2D eigenvalue weighted by atomic mass is 10.00. The summed E-state index contributed by atoms with van der Waals surface area (Å²) in [6, 6.07) is 15.6. The van der Waals surface area contributed by atoms with E-state index in [0.717, 1.165) is 10.2 Å². The van der Waals surface area contributed by atoms with E-state index in [2.05, 4.69) is 15.7 Å². The van der Waals surface area contributed by atoms with E-state index in [9.17, 15) is 14.7 Å². The molecule has 1 amide bonds. The molecule has 0 spiro atoms. The zero-order valence-corrected chi connectivity index (χ0v) is 25.8. The Bertz CT molecular complexity index is 1750. The maximum atomic E-state index is 13.1. The molecule has 0 saturated carbocycles. The van der Waals surface area contributed by atoms with Crippen molar-refractivity contribution in [1.82, 2.24) is 20.1 Å². The number of aryl methyl sites for hydroxylation is 1. The number of nitrogens with one attached hydrogen (secondary N) is 2. The summed E-state index contributed by atoms with van der Waals surface area (Å²) >= 11 is 13.7.